The normalized spacial score (nSPS) is 10.5. The Kier molecular flexibility index (Phi) is 41.3. The van der Waals surface area contributed by atoms with E-state index in [-0.39, 0.29) is 37.5 Å². The summed E-state index contributed by atoms with van der Waals surface area (Å²) in [5.74, 6) is -0.241. The maximum atomic E-state index is 11.4. The first-order valence-electron chi connectivity index (χ1n) is 17.7. The van der Waals surface area contributed by atoms with Crippen LogP contribution in [0.2, 0.25) is 0 Å². The van der Waals surface area contributed by atoms with Crippen molar-refractivity contribution < 1.29 is 42.9 Å². The average Bonchev–Trinajstić information content (AvgIpc) is 3.08. The van der Waals surface area contributed by atoms with Crippen LogP contribution < -0.4 is 21.7 Å². The Morgan fingerprint density at radius 2 is 1.00 bits per heavy atom. The third-order valence-corrected chi connectivity index (χ3v) is 6.86. The van der Waals surface area contributed by atoms with Crippen molar-refractivity contribution in [2.75, 3.05) is 79.0 Å². The van der Waals surface area contributed by atoms with Crippen LogP contribution in [-0.4, -0.2) is 109 Å². The van der Waals surface area contributed by atoms with E-state index in [9.17, 15) is 24.0 Å². The van der Waals surface area contributed by atoms with E-state index in [1.807, 2.05) is 0 Å². The Bertz CT molecular complexity index is 730. The summed E-state index contributed by atoms with van der Waals surface area (Å²) in [6.07, 6.45) is 20.4. The van der Waals surface area contributed by atoms with Gasteiger partial charge in [0.15, 0.2) is 0 Å². The maximum absolute atomic E-state index is 11.4. The third-order valence-electron chi connectivity index (χ3n) is 6.86. The van der Waals surface area contributed by atoms with Crippen LogP contribution in [0, 0.1) is 0 Å². The standard InChI is InChI=1S/C19H38N2O2.C15H28N2O7/c20-16-14-12-10-8-6-4-2-1-3-5-7-9-11-13-15-19(23)21-17-18-22;1-2-14(19)16-3-6-22-11-12-24-13-15(20)17-4-7-21-9-10-23-8-5-18/h18H,1-17,20H2,(H,21,23);5H,2-4,6-13H2,1H3,(H,16,19)(H,17,20). The number of aldehydes is 2. The second-order valence-electron chi connectivity index (χ2n) is 11.0. The van der Waals surface area contributed by atoms with Gasteiger partial charge in [0.2, 0.25) is 17.7 Å². The summed E-state index contributed by atoms with van der Waals surface area (Å²) < 4.78 is 20.5. The Morgan fingerprint density at radius 1 is 0.532 bits per heavy atom. The second-order valence-corrected chi connectivity index (χ2v) is 11.0. The van der Waals surface area contributed by atoms with E-state index in [0.29, 0.717) is 71.9 Å². The fourth-order valence-electron chi connectivity index (χ4n) is 4.23. The molecule has 5 N–H and O–H groups in total. The first-order chi connectivity index (χ1) is 23.0. The Morgan fingerprint density at radius 3 is 1.49 bits per heavy atom. The van der Waals surface area contributed by atoms with Gasteiger partial charge in [0.25, 0.3) is 0 Å². The predicted molar refractivity (Wildman–Crippen MR) is 183 cm³/mol. The van der Waals surface area contributed by atoms with Crippen molar-refractivity contribution in [1.82, 2.24) is 16.0 Å². The highest BCUT2D eigenvalue weighted by Crippen LogP contribution is 2.13. The number of carbonyl (C=O) groups is 5. The van der Waals surface area contributed by atoms with E-state index in [2.05, 4.69) is 16.0 Å². The molecule has 0 aliphatic heterocycles. The van der Waals surface area contributed by atoms with Crippen molar-refractivity contribution in [3.63, 3.8) is 0 Å². The highest BCUT2D eigenvalue weighted by Gasteiger charge is 2.02. The van der Waals surface area contributed by atoms with Crippen LogP contribution in [-0.2, 0) is 42.9 Å². The zero-order chi connectivity index (χ0) is 34.9. The lowest BCUT2D eigenvalue weighted by Crippen LogP contribution is -2.31. The Labute approximate surface area is 283 Å². The van der Waals surface area contributed by atoms with Gasteiger partial charge in [-0.05, 0) is 19.4 Å². The number of hydrogen-bond acceptors (Lipinski definition) is 10. The Hall–Kier alpha value is -2.45. The fraction of sp³-hybridized carbons (Fsp3) is 0.853. The molecule has 0 fully saturated rings. The van der Waals surface area contributed by atoms with Gasteiger partial charge < -0.3 is 50.2 Å². The summed E-state index contributed by atoms with van der Waals surface area (Å²) in [6.45, 7) is 5.79. The number of nitrogens with two attached hydrogens (primary N) is 1. The molecule has 0 aromatic carbocycles. The van der Waals surface area contributed by atoms with Crippen molar-refractivity contribution in [3.05, 3.63) is 0 Å². The van der Waals surface area contributed by atoms with Crippen LogP contribution in [0.3, 0.4) is 0 Å². The van der Waals surface area contributed by atoms with Crippen LogP contribution in [0.25, 0.3) is 0 Å². The molecule has 13 nitrogen and oxygen atoms in total. The first kappa shape index (κ1) is 46.7. The fourth-order valence-corrected chi connectivity index (χ4v) is 4.23. The number of rotatable bonds is 35. The lowest BCUT2D eigenvalue weighted by molar-refractivity contribution is -0.126. The molecular weight excluding hydrogens is 608 g/mol. The molecule has 0 aliphatic carbocycles. The van der Waals surface area contributed by atoms with Gasteiger partial charge in [-0.25, -0.2) is 0 Å². The van der Waals surface area contributed by atoms with Crippen molar-refractivity contribution in [3.8, 4) is 0 Å². The number of unbranched alkanes of at least 4 members (excludes halogenated alkanes) is 13. The predicted octanol–water partition coefficient (Wildman–Crippen LogP) is 3.01. The number of amides is 3. The van der Waals surface area contributed by atoms with E-state index in [1.54, 1.807) is 6.92 Å². The Balaban J connectivity index is 0. The SMILES string of the molecule is CCC(=O)NCCOCCOCC(=O)NCCOCCOCC=O.NCCCCCCCCCCCCCCCCC(=O)NCC=O. The number of carbonyl (C=O) groups excluding carboxylic acids is 5. The van der Waals surface area contributed by atoms with E-state index in [0.717, 1.165) is 25.7 Å². The molecule has 276 valence electrons. The van der Waals surface area contributed by atoms with Gasteiger partial charge in [0.1, 0.15) is 25.8 Å². The molecule has 0 aliphatic rings. The third kappa shape index (κ3) is 43.6. The van der Waals surface area contributed by atoms with Crippen LogP contribution >= 0.6 is 0 Å². The van der Waals surface area contributed by atoms with Gasteiger partial charge in [0, 0.05) is 25.9 Å². The maximum Gasteiger partial charge on any atom is 0.246 e. The molecule has 0 unspecified atom stereocenters. The molecule has 13 heteroatoms. The molecule has 0 saturated carbocycles. The molecule has 0 saturated heterocycles. The van der Waals surface area contributed by atoms with Gasteiger partial charge in [-0.3, -0.25) is 14.4 Å². The topological polar surface area (TPSA) is 184 Å². The lowest BCUT2D eigenvalue weighted by Gasteiger charge is -2.08. The minimum atomic E-state index is -0.231. The van der Waals surface area contributed by atoms with Gasteiger partial charge in [-0.1, -0.05) is 84.0 Å². The molecule has 0 spiro atoms. The van der Waals surface area contributed by atoms with E-state index < -0.39 is 0 Å². The second kappa shape index (κ2) is 41.6. The van der Waals surface area contributed by atoms with Crippen molar-refractivity contribution >= 4 is 30.3 Å². The van der Waals surface area contributed by atoms with Crippen LogP contribution in [0.5, 0.6) is 0 Å². The molecule has 0 bridgehead atoms. The molecule has 0 atom stereocenters. The van der Waals surface area contributed by atoms with Gasteiger partial charge in [-0.15, -0.1) is 0 Å². The minimum Gasteiger partial charge on any atom is -0.377 e. The molecular formula is C34H66N4O9. The number of ether oxygens (including phenoxy) is 4. The van der Waals surface area contributed by atoms with Gasteiger partial charge in [-0.2, -0.15) is 0 Å². The summed E-state index contributed by atoms with van der Waals surface area (Å²) in [5, 5.41) is 7.90. The molecule has 0 aromatic heterocycles. The van der Waals surface area contributed by atoms with E-state index >= 15 is 0 Å². The van der Waals surface area contributed by atoms with Crippen LogP contribution in [0.15, 0.2) is 0 Å². The summed E-state index contributed by atoms with van der Waals surface area (Å²) in [7, 11) is 0. The van der Waals surface area contributed by atoms with Gasteiger partial charge in [0.05, 0.1) is 46.2 Å². The highest BCUT2D eigenvalue weighted by molar-refractivity contribution is 5.78. The molecule has 47 heavy (non-hydrogen) atoms. The van der Waals surface area contributed by atoms with Crippen LogP contribution in [0.1, 0.15) is 110 Å². The highest BCUT2D eigenvalue weighted by atomic mass is 16.5. The minimum absolute atomic E-state index is 0.000118. The molecule has 3 amide bonds. The quantitative estimate of drug-likeness (QED) is 0.0576. The summed E-state index contributed by atoms with van der Waals surface area (Å²) >= 11 is 0. The molecule has 0 heterocycles. The first-order valence-corrected chi connectivity index (χ1v) is 17.7. The van der Waals surface area contributed by atoms with E-state index in [1.165, 1.54) is 77.0 Å². The van der Waals surface area contributed by atoms with Crippen molar-refractivity contribution in [2.24, 2.45) is 5.73 Å². The molecule has 0 rings (SSSR count). The average molecular weight is 675 g/mol. The number of nitrogens with one attached hydrogen (secondary N) is 3. The summed E-state index contributed by atoms with van der Waals surface area (Å²) in [5.41, 5.74) is 5.48. The monoisotopic (exact) mass is 674 g/mol. The lowest BCUT2D eigenvalue weighted by atomic mass is 10.0. The molecule has 0 radical (unpaired) electrons. The van der Waals surface area contributed by atoms with E-state index in [4.69, 9.17) is 24.7 Å². The zero-order valence-electron chi connectivity index (χ0n) is 29.2. The summed E-state index contributed by atoms with van der Waals surface area (Å²) in [6, 6.07) is 0. The summed E-state index contributed by atoms with van der Waals surface area (Å²) in [4.78, 5) is 53.7. The van der Waals surface area contributed by atoms with Crippen molar-refractivity contribution in [2.45, 2.75) is 110 Å². The van der Waals surface area contributed by atoms with Crippen molar-refractivity contribution in [1.29, 1.82) is 0 Å². The zero-order valence-corrected chi connectivity index (χ0v) is 29.2. The smallest absolute Gasteiger partial charge is 0.246 e. The largest absolute Gasteiger partial charge is 0.377 e. The molecule has 0 aromatic rings. The van der Waals surface area contributed by atoms with Gasteiger partial charge >= 0.3 is 0 Å². The number of hydrogen-bond donors (Lipinski definition) is 4. The van der Waals surface area contributed by atoms with Crippen LogP contribution in [0.4, 0.5) is 0 Å².